The second-order valence-corrected chi connectivity index (χ2v) is 8.50. The van der Waals surface area contributed by atoms with Gasteiger partial charge in [0.1, 0.15) is 11.5 Å². The van der Waals surface area contributed by atoms with Gasteiger partial charge in [0.15, 0.2) is 11.4 Å². The minimum atomic E-state index is -4.43. The number of nitrogens with one attached hydrogen (secondary N) is 1. The Labute approximate surface area is 205 Å². The highest BCUT2D eigenvalue weighted by Crippen LogP contribution is 2.33. The maximum atomic E-state index is 13.0. The van der Waals surface area contributed by atoms with E-state index in [1.54, 1.807) is 17.0 Å². The molecular weight excluding hydrogens is 473 g/mol. The van der Waals surface area contributed by atoms with Gasteiger partial charge in [0.2, 0.25) is 0 Å². The molecule has 0 unspecified atom stereocenters. The number of alkyl halides is 3. The highest BCUT2D eigenvalue weighted by atomic mass is 19.4. The summed E-state index contributed by atoms with van der Waals surface area (Å²) >= 11 is 0. The summed E-state index contributed by atoms with van der Waals surface area (Å²) in [5, 5.41) is 7.51. The fourth-order valence-corrected chi connectivity index (χ4v) is 4.10. The number of hydrogen-bond donors (Lipinski definition) is 1. The largest absolute Gasteiger partial charge is 0.457 e. The first-order valence-electron chi connectivity index (χ1n) is 11.4. The lowest BCUT2D eigenvalue weighted by atomic mass is 10.2. The van der Waals surface area contributed by atoms with Gasteiger partial charge >= 0.3 is 12.2 Å². The van der Waals surface area contributed by atoms with E-state index in [4.69, 9.17) is 9.26 Å². The lowest BCUT2D eigenvalue weighted by Crippen LogP contribution is -2.49. The number of fused-ring (bicyclic) bond motifs is 1. The van der Waals surface area contributed by atoms with Crippen LogP contribution in [0, 0.1) is 0 Å². The summed E-state index contributed by atoms with van der Waals surface area (Å²) in [5.74, 6) is 0.988. The Morgan fingerprint density at radius 3 is 2.44 bits per heavy atom. The summed E-state index contributed by atoms with van der Waals surface area (Å²) in [6.07, 6.45) is -4.43. The second-order valence-electron chi connectivity index (χ2n) is 8.50. The molecule has 4 aromatic rings. The maximum absolute atomic E-state index is 13.0. The number of rotatable bonds is 5. The molecule has 0 atom stereocenters. The van der Waals surface area contributed by atoms with Crippen LogP contribution in [0.4, 0.5) is 23.8 Å². The summed E-state index contributed by atoms with van der Waals surface area (Å²) in [4.78, 5) is 16.6. The number of piperazine rings is 1. The third-order valence-electron chi connectivity index (χ3n) is 5.96. The van der Waals surface area contributed by atoms with E-state index in [1.165, 1.54) is 12.1 Å². The minimum Gasteiger partial charge on any atom is -0.457 e. The molecule has 36 heavy (non-hydrogen) atoms. The number of nitrogens with zero attached hydrogens (tertiary/aromatic N) is 3. The summed E-state index contributed by atoms with van der Waals surface area (Å²) < 4.78 is 49.8. The van der Waals surface area contributed by atoms with E-state index in [0.29, 0.717) is 49.9 Å². The number of para-hydroxylation sites is 1. The van der Waals surface area contributed by atoms with Gasteiger partial charge in [-0.25, -0.2) is 4.79 Å². The fraction of sp³-hybridized carbons (Fsp3) is 0.231. The van der Waals surface area contributed by atoms with E-state index in [2.05, 4.69) is 15.4 Å². The van der Waals surface area contributed by atoms with Crippen molar-refractivity contribution < 1.29 is 27.2 Å². The standard InChI is InChI=1S/C26H23F3N4O3/c27-26(28,29)19-6-4-8-21(16-19)35-20-7-3-5-18(15-20)17-32-11-13-33(14-12-32)25(34)30-24-22-9-1-2-10-23(22)36-31-24/h1-10,15-16H,11-14,17H2,(H,30,31,34). The van der Waals surface area contributed by atoms with Crippen molar-refractivity contribution in [2.45, 2.75) is 12.7 Å². The highest BCUT2D eigenvalue weighted by Gasteiger charge is 2.30. The van der Waals surface area contributed by atoms with Gasteiger partial charge in [0.25, 0.3) is 0 Å². The Hall–Kier alpha value is -4.05. The van der Waals surface area contributed by atoms with Crippen LogP contribution in [0.5, 0.6) is 11.5 Å². The number of anilines is 1. The number of urea groups is 1. The first-order valence-corrected chi connectivity index (χ1v) is 11.4. The number of carbonyl (C=O) groups is 1. The summed E-state index contributed by atoms with van der Waals surface area (Å²) in [6, 6.07) is 19.2. The predicted molar refractivity (Wildman–Crippen MR) is 128 cm³/mol. The topological polar surface area (TPSA) is 70.8 Å². The zero-order valence-corrected chi connectivity index (χ0v) is 19.2. The van der Waals surface area contributed by atoms with Crippen molar-refractivity contribution in [2.75, 3.05) is 31.5 Å². The molecule has 0 bridgehead atoms. The first-order chi connectivity index (χ1) is 17.3. The molecule has 1 fully saturated rings. The van der Waals surface area contributed by atoms with Crippen LogP contribution in [0.15, 0.2) is 77.3 Å². The van der Waals surface area contributed by atoms with Crippen molar-refractivity contribution in [1.29, 1.82) is 0 Å². The van der Waals surface area contributed by atoms with E-state index < -0.39 is 11.7 Å². The van der Waals surface area contributed by atoms with E-state index in [-0.39, 0.29) is 11.8 Å². The van der Waals surface area contributed by atoms with Crippen molar-refractivity contribution in [3.05, 3.63) is 83.9 Å². The zero-order chi connectivity index (χ0) is 25.1. The molecule has 0 aliphatic carbocycles. The second kappa shape index (κ2) is 9.90. The van der Waals surface area contributed by atoms with Crippen molar-refractivity contribution in [3.8, 4) is 11.5 Å². The molecule has 2 amide bonds. The monoisotopic (exact) mass is 496 g/mol. The van der Waals surface area contributed by atoms with Crippen LogP contribution in [-0.4, -0.2) is 47.2 Å². The molecule has 1 saturated heterocycles. The van der Waals surface area contributed by atoms with Gasteiger partial charge in [-0.3, -0.25) is 10.2 Å². The van der Waals surface area contributed by atoms with Crippen LogP contribution < -0.4 is 10.1 Å². The molecule has 0 spiro atoms. The van der Waals surface area contributed by atoms with Crippen LogP contribution in [0.1, 0.15) is 11.1 Å². The molecule has 3 aromatic carbocycles. The SMILES string of the molecule is O=C(Nc1noc2ccccc12)N1CCN(Cc2cccc(Oc3cccc(C(F)(F)F)c3)c2)CC1. The van der Waals surface area contributed by atoms with Crippen LogP contribution >= 0.6 is 0 Å². The van der Waals surface area contributed by atoms with Crippen LogP contribution in [0.3, 0.4) is 0 Å². The summed E-state index contributed by atoms with van der Waals surface area (Å²) in [5.41, 5.74) is 0.818. The molecular formula is C26H23F3N4O3. The number of hydrogen-bond acceptors (Lipinski definition) is 5. The lowest BCUT2D eigenvalue weighted by molar-refractivity contribution is -0.137. The van der Waals surface area contributed by atoms with Gasteiger partial charge < -0.3 is 14.2 Å². The van der Waals surface area contributed by atoms with Crippen molar-refractivity contribution in [2.24, 2.45) is 0 Å². The van der Waals surface area contributed by atoms with Gasteiger partial charge in [-0.2, -0.15) is 13.2 Å². The van der Waals surface area contributed by atoms with Gasteiger partial charge in [-0.15, -0.1) is 0 Å². The van der Waals surface area contributed by atoms with Crippen LogP contribution in [-0.2, 0) is 12.7 Å². The van der Waals surface area contributed by atoms with Gasteiger partial charge in [-0.05, 0) is 48.0 Å². The Bertz CT molecular complexity index is 1360. The fourth-order valence-electron chi connectivity index (χ4n) is 4.10. The molecule has 1 aromatic heterocycles. The Morgan fingerprint density at radius 2 is 1.67 bits per heavy atom. The number of amides is 2. The third kappa shape index (κ3) is 5.44. The van der Waals surface area contributed by atoms with E-state index >= 15 is 0 Å². The number of halogens is 3. The van der Waals surface area contributed by atoms with E-state index in [0.717, 1.165) is 23.1 Å². The average molecular weight is 496 g/mol. The maximum Gasteiger partial charge on any atom is 0.416 e. The van der Waals surface area contributed by atoms with Crippen LogP contribution in [0.25, 0.3) is 11.0 Å². The van der Waals surface area contributed by atoms with Gasteiger partial charge in [0, 0.05) is 32.7 Å². The predicted octanol–water partition coefficient (Wildman–Crippen LogP) is 5.99. The van der Waals surface area contributed by atoms with Crippen molar-refractivity contribution >= 4 is 22.8 Å². The summed E-state index contributed by atoms with van der Waals surface area (Å²) in [6.45, 7) is 3.06. The molecule has 2 heterocycles. The average Bonchev–Trinajstić information content (AvgIpc) is 3.27. The zero-order valence-electron chi connectivity index (χ0n) is 19.2. The molecule has 0 radical (unpaired) electrons. The molecule has 7 nitrogen and oxygen atoms in total. The Balaban J connectivity index is 1.15. The normalized spacial score (nSPS) is 14.7. The number of ether oxygens (including phenoxy) is 1. The molecule has 186 valence electrons. The Morgan fingerprint density at radius 1 is 0.944 bits per heavy atom. The Kier molecular flexibility index (Phi) is 6.51. The molecule has 10 heteroatoms. The lowest BCUT2D eigenvalue weighted by Gasteiger charge is -2.34. The summed E-state index contributed by atoms with van der Waals surface area (Å²) in [7, 11) is 0. The van der Waals surface area contributed by atoms with E-state index in [1.807, 2.05) is 36.4 Å². The smallest absolute Gasteiger partial charge is 0.416 e. The number of aromatic nitrogens is 1. The molecule has 1 N–H and O–H groups in total. The quantitative estimate of drug-likeness (QED) is 0.368. The first kappa shape index (κ1) is 23.7. The number of benzene rings is 3. The molecule has 1 aliphatic heterocycles. The van der Waals surface area contributed by atoms with Crippen LogP contribution in [0.2, 0.25) is 0 Å². The molecule has 1 aliphatic rings. The highest BCUT2D eigenvalue weighted by molar-refractivity contribution is 5.98. The van der Waals surface area contributed by atoms with Crippen molar-refractivity contribution in [3.63, 3.8) is 0 Å². The van der Waals surface area contributed by atoms with Gasteiger partial charge in [-0.1, -0.05) is 35.5 Å². The minimum absolute atomic E-state index is 0.126. The molecule has 0 saturated carbocycles. The van der Waals surface area contributed by atoms with E-state index in [9.17, 15) is 18.0 Å². The molecule has 5 rings (SSSR count). The third-order valence-corrected chi connectivity index (χ3v) is 5.96. The van der Waals surface area contributed by atoms with Gasteiger partial charge in [0.05, 0.1) is 10.9 Å². The number of carbonyl (C=O) groups excluding carboxylic acids is 1. The van der Waals surface area contributed by atoms with Crippen molar-refractivity contribution in [1.82, 2.24) is 15.0 Å².